The molecule has 20 heteroatoms. The first kappa shape index (κ1) is 40.4. The Labute approximate surface area is 342 Å². The summed E-state index contributed by atoms with van der Waals surface area (Å²) in [5.41, 5.74) is 2.80. The van der Waals surface area contributed by atoms with Gasteiger partial charge in [0.15, 0.2) is 23.1 Å². The number of nitrogens with one attached hydrogen (secondary N) is 6. The lowest BCUT2D eigenvalue weighted by atomic mass is 10.0. The molecular formula is C40H41N13O7. The Morgan fingerprint density at radius 3 is 2.35 bits per heavy atom. The molecule has 1 fully saturated rings. The molecule has 7 rings (SSSR count). The van der Waals surface area contributed by atoms with Crippen LogP contribution in [-0.4, -0.2) is 104 Å². The van der Waals surface area contributed by atoms with E-state index >= 15 is 0 Å². The third kappa shape index (κ3) is 8.56. The fourth-order valence-electron chi connectivity index (χ4n) is 6.82. The highest BCUT2D eigenvalue weighted by molar-refractivity contribution is 6.25. The average molecular weight is 816 g/mol. The molecule has 6 amide bonds. The van der Waals surface area contributed by atoms with E-state index in [4.69, 9.17) is 4.74 Å². The third-order valence-electron chi connectivity index (χ3n) is 9.77. The van der Waals surface area contributed by atoms with Gasteiger partial charge in [0.2, 0.25) is 11.8 Å². The zero-order valence-corrected chi connectivity index (χ0v) is 32.9. The van der Waals surface area contributed by atoms with Crippen molar-refractivity contribution in [2.75, 3.05) is 43.2 Å². The molecule has 308 valence electrons. The molecule has 3 aromatic heterocycles. The molecule has 5 heterocycles. The van der Waals surface area contributed by atoms with E-state index in [2.05, 4.69) is 57.2 Å². The molecular weight excluding hydrogens is 775 g/mol. The van der Waals surface area contributed by atoms with E-state index in [1.54, 1.807) is 66.6 Å². The van der Waals surface area contributed by atoms with E-state index in [0.29, 0.717) is 71.5 Å². The minimum Gasteiger partial charge on any atom is -0.494 e. The summed E-state index contributed by atoms with van der Waals surface area (Å²) in [7, 11) is 4.78. The number of aromatic nitrogens is 6. The maximum atomic E-state index is 13.3. The van der Waals surface area contributed by atoms with Crippen molar-refractivity contribution in [1.29, 1.82) is 0 Å². The Morgan fingerprint density at radius 2 is 1.63 bits per heavy atom. The molecule has 0 spiro atoms. The second kappa shape index (κ2) is 17.8. The van der Waals surface area contributed by atoms with Gasteiger partial charge in [0.1, 0.15) is 18.2 Å². The van der Waals surface area contributed by atoms with Gasteiger partial charge < -0.3 is 31.3 Å². The fourth-order valence-corrected chi connectivity index (χ4v) is 6.82. The second-order valence-electron chi connectivity index (χ2n) is 13.8. The Bertz CT molecular complexity index is 2490. The predicted octanol–water partition coefficient (Wildman–Crippen LogP) is 2.94. The number of para-hydroxylation sites is 1. The van der Waals surface area contributed by atoms with Crippen LogP contribution in [0.1, 0.15) is 73.7 Å². The van der Waals surface area contributed by atoms with E-state index in [1.807, 2.05) is 6.07 Å². The lowest BCUT2D eigenvalue weighted by molar-refractivity contribution is -0.136. The zero-order valence-electron chi connectivity index (χ0n) is 32.9. The molecule has 1 unspecified atom stereocenters. The lowest BCUT2D eigenvalue weighted by Crippen LogP contribution is -2.54. The predicted molar refractivity (Wildman–Crippen MR) is 217 cm³/mol. The van der Waals surface area contributed by atoms with Gasteiger partial charge in [0.25, 0.3) is 23.6 Å². The number of amides is 6. The van der Waals surface area contributed by atoms with Gasteiger partial charge in [-0.2, -0.15) is 5.10 Å². The van der Waals surface area contributed by atoms with Crippen molar-refractivity contribution in [2.45, 2.75) is 38.1 Å². The summed E-state index contributed by atoms with van der Waals surface area (Å²) in [5, 5.41) is 29.9. The molecule has 1 atom stereocenters. The maximum absolute atomic E-state index is 13.3. The van der Waals surface area contributed by atoms with Gasteiger partial charge in [0, 0.05) is 51.6 Å². The number of pyridine rings is 1. The Hall–Kier alpha value is -7.77. The number of methoxy groups -OCH3 is 1. The van der Waals surface area contributed by atoms with Gasteiger partial charge in [0.05, 0.1) is 40.7 Å². The summed E-state index contributed by atoms with van der Waals surface area (Å²) in [4.78, 5) is 85.6. The number of benzene rings is 2. The molecule has 5 aromatic rings. The van der Waals surface area contributed by atoms with Crippen LogP contribution in [0.3, 0.4) is 0 Å². The summed E-state index contributed by atoms with van der Waals surface area (Å²) in [5.74, 6) is -1.40. The van der Waals surface area contributed by atoms with Crippen LogP contribution in [-0.2, 0) is 16.6 Å². The number of hydrogen-bond acceptors (Lipinski definition) is 15. The second-order valence-corrected chi connectivity index (χ2v) is 13.8. The number of anilines is 5. The van der Waals surface area contributed by atoms with E-state index in [0.717, 1.165) is 11.3 Å². The first-order valence-electron chi connectivity index (χ1n) is 19.1. The smallest absolute Gasteiger partial charge is 0.273 e. The van der Waals surface area contributed by atoms with Crippen molar-refractivity contribution in [1.82, 2.24) is 50.8 Å². The van der Waals surface area contributed by atoms with E-state index in [9.17, 15) is 28.8 Å². The molecule has 2 aliphatic heterocycles. The normalized spacial score (nSPS) is 14.7. The number of piperidine rings is 1. The van der Waals surface area contributed by atoms with Gasteiger partial charge in [-0.3, -0.25) is 43.7 Å². The Kier molecular flexibility index (Phi) is 12.0. The highest BCUT2D eigenvalue weighted by atomic mass is 16.5. The van der Waals surface area contributed by atoms with Gasteiger partial charge >= 0.3 is 0 Å². The quantitative estimate of drug-likeness (QED) is 0.0618. The number of hydrogen-bond donors (Lipinski definition) is 6. The summed E-state index contributed by atoms with van der Waals surface area (Å²) in [6, 6.07) is 14.1. The maximum Gasteiger partial charge on any atom is 0.273 e. The SMILES string of the molecule is CNC(=O)c1nnc(Nc2ccc(C(=O)NCCCCCNc3cccc4c3C(=O)N(C3CCC(=O)NC3=O)C4=O)cn2)cc1Nc1cccc(-c2ncn(C)n2)c1OC. The molecule has 60 heavy (non-hydrogen) atoms. The van der Waals surface area contributed by atoms with E-state index in [-0.39, 0.29) is 41.4 Å². The number of ether oxygens (including phenoxy) is 1. The van der Waals surface area contributed by atoms with Gasteiger partial charge in [-0.25, -0.2) is 9.97 Å². The first-order valence-corrected chi connectivity index (χ1v) is 19.1. The molecule has 6 N–H and O–H groups in total. The van der Waals surface area contributed by atoms with Crippen molar-refractivity contribution in [3.63, 3.8) is 0 Å². The van der Waals surface area contributed by atoms with Gasteiger partial charge in [-0.15, -0.1) is 10.2 Å². The highest BCUT2D eigenvalue weighted by Gasteiger charge is 2.45. The van der Waals surface area contributed by atoms with Crippen LogP contribution in [0.15, 0.2) is 67.1 Å². The minimum absolute atomic E-state index is 0.0383. The van der Waals surface area contributed by atoms with Crippen molar-refractivity contribution in [2.24, 2.45) is 7.05 Å². The van der Waals surface area contributed by atoms with Crippen molar-refractivity contribution >= 4 is 64.1 Å². The molecule has 0 saturated carbocycles. The fraction of sp³-hybridized carbons (Fsp3) is 0.275. The molecule has 0 bridgehead atoms. The summed E-state index contributed by atoms with van der Waals surface area (Å²) < 4.78 is 7.30. The highest BCUT2D eigenvalue weighted by Crippen LogP contribution is 2.37. The van der Waals surface area contributed by atoms with Crippen LogP contribution >= 0.6 is 0 Å². The molecule has 1 saturated heterocycles. The molecule has 0 aliphatic carbocycles. The number of unbranched alkanes of at least 4 members (excludes halogenated alkanes) is 2. The van der Waals surface area contributed by atoms with Crippen LogP contribution in [0.25, 0.3) is 11.4 Å². The average Bonchev–Trinajstić information content (AvgIpc) is 3.79. The molecule has 0 radical (unpaired) electrons. The number of carbonyl (C=O) groups is 6. The Balaban J connectivity index is 0.896. The summed E-state index contributed by atoms with van der Waals surface area (Å²) in [6.45, 7) is 0.923. The largest absolute Gasteiger partial charge is 0.494 e. The Morgan fingerprint density at radius 1 is 0.850 bits per heavy atom. The topological polar surface area (TPSA) is 256 Å². The van der Waals surface area contributed by atoms with Crippen LogP contribution in [0.4, 0.5) is 28.7 Å². The zero-order chi connectivity index (χ0) is 42.3. The number of aryl methyl sites for hydroxylation is 1. The van der Waals surface area contributed by atoms with Crippen LogP contribution in [0.2, 0.25) is 0 Å². The van der Waals surface area contributed by atoms with Crippen molar-refractivity contribution in [3.8, 4) is 17.1 Å². The summed E-state index contributed by atoms with van der Waals surface area (Å²) >= 11 is 0. The standard InChI is InChI=1S/C40H41N13O7/c1-41-38(57)33-27(46-26-12-8-10-24(34(26)60-3)35-45-21-52(2)51-35)19-30(49-50-33)47-29-15-13-22(20-44-29)36(55)43-18-6-4-5-17-42-25-11-7-9-23-32(25)40(59)53(39(23)58)28-14-16-31(54)48-37(28)56/h7-13,15,19-21,28,42H,4-6,14,16-18H2,1-3H3,(H,41,57)(H,43,55)(H,48,54,56)(H2,44,46,47,49). The van der Waals surface area contributed by atoms with E-state index in [1.165, 1.54) is 20.4 Å². The van der Waals surface area contributed by atoms with Crippen LogP contribution in [0, 0.1) is 0 Å². The van der Waals surface area contributed by atoms with E-state index < -0.39 is 35.6 Å². The number of nitrogens with zero attached hydrogens (tertiary/aromatic N) is 7. The van der Waals surface area contributed by atoms with Gasteiger partial charge in [-0.05, 0) is 62.1 Å². The van der Waals surface area contributed by atoms with Crippen LogP contribution < -0.4 is 36.6 Å². The molecule has 20 nitrogen and oxygen atoms in total. The minimum atomic E-state index is -1.03. The van der Waals surface area contributed by atoms with Crippen LogP contribution in [0.5, 0.6) is 5.75 Å². The number of imide groups is 2. The van der Waals surface area contributed by atoms with Crippen molar-refractivity contribution < 1.29 is 33.5 Å². The first-order chi connectivity index (χ1) is 29.1. The number of carbonyl (C=O) groups excluding carboxylic acids is 6. The number of fused-ring (bicyclic) bond motifs is 1. The molecule has 2 aromatic carbocycles. The third-order valence-corrected chi connectivity index (χ3v) is 9.77. The van der Waals surface area contributed by atoms with Crippen molar-refractivity contribution in [3.05, 3.63) is 89.5 Å². The monoisotopic (exact) mass is 815 g/mol. The van der Waals surface area contributed by atoms with Gasteiger partial charge in [-0.1, -0.05) is 12.1 Å². The lowest BCUT2D eigenvalue weighted by Gasteiger charge is -2.27. The summed E-state index contributed by atoms with van der Waals surface area (Å²) in [6.07, 6.45) is 5.31. The number of rotatable bonds is 16. The molecule has 2 aliphatic rings.